The van der Waals surface area contributed by atoms with E-state index in [1.54, 1.807) is 10.4 Å². The van der Waals surface area contributed by atoms with Crippen molar-refractivity contribution in [3.05, 3.63) is 28.8 Å². The Kier molecular flexibility index (Phi) is 5.30. The Balaban J connectivity index is 2.32. The summed E-state index contributed by atoms with van der Waals surface area (Å²) in [7, 11) is -3.43. The Hall–Kier alpha value is -0.620. The maximum Gasteiger partial charge on any atom is 0.243 e. The number of alkyl halides is 1. The number of halogens is 1. The molecule has 0 saturated carbocycles. The van der Waals surface area contributed by atoms with Crippen LogP contribution in [0.3, 0.4) is 0 Å². The Morgan fingerprint density at radius 3 is 2.24 bits per heavy atom. The average Bonchev–Trinajstić information content (AvgIpc) is 2.47. The molecule has 0 amide bonds. The van der Waals surface area contributed by atoms with E-state index >= 15 is 0 Å². The van der Waals surface area contributed by atoms with Crippen LogP contribution in [0, 0.1) is 13.8 Å². The van der Waals surface area contributed by atoms with Crippen molar-refractivity contribution >= 4 is 21.6 Å². The van der Waals surface area contributed by atoms with E-state index in [1.165, 1.54) is 0 Å². The van der Waals surface area contributed by atoms with Crippen LogP contribution in [0.5, 0.6) is 0 Å². The molecule has 4 nitrogen and oxygen atoms in total. The Morgan fingerprint density at radius 1 is 1.10 bits per heavy atom. The SMILES string of the molecule is CCN1CCN(S(=O)(=O)c2cc(CCl)c(C)cc2C)CC1. The largest absolute Gasteiger partial charge is 0.301 e. The number of sulfonamides is 1. The van der Waals surface area contributed by atoms with Gasteiger partial charge in [0.25, 0.3) is 0 Å². The molecule has 1 saturated heterocycles. The molecule has 6 heteroatoms. The van der Waals surface area contributed by atoms with Gasteiger partial charge in [-0.2, -0.15) is 4.31 Å². The molecule has 2 rings (SSSR count). The van der Waals surface area contributed by atoms with E-state index in [9.17, 15) is 8.42 Å². The monoisotopic (exact) mass is 330 g/mol. The predicted molar refractivity (Wildman–Crippen MR) is 86.3 cm³/mol. The molecule has 1 heterocycles. The zero-order valence-electron chi connectivity index (χ0n) is 12.9. The molecule has 1 aliphatic heterocycles. The van der Waals surface area contributed by atoms with Gasteiger partial charge >= 0.3 is 0 Å². The number of nitrogens with zero attached hydrogens (tertiary/aromatic N) is 2. The molecule has 0 N–H and O–H groups in total. The molecular formula is C15H23ClN2O2S. The second kappa shape index (κ2) is 6.65. The zero-order valence-corrected chi connectivity index (χ0v) is 14.5. The standard InChI is InChI=1S/C15H23ClN2O2S/c1-4-17-5-7-18(8-6-17)21(19,20)15-10-14(11-16)12(2)9-13(15)3/h9-10H,4-8,11H2,1-3H3. The first-order valence-electron chi connectivity index (χ1n) is 7.28. The van der Waals surface area contributed by atoms with Gasteiger partial charge in [-0.15, -0.1) is 11.6 Å². The highest BCUT2D eigenvalue weighted by atomic mass is 35.5. The fourth-order valence-electron chi connectivity index (χ4n) is 2.72. The maximum absolute atomic E-state index is 12.8. The third-order valence-corrected chi connectivity index (χ3v) is 6.50. The fraction of sp³-hybridized carbons (Fsp3) is 0.600. The van der Waals surface area contributed by atoms with Crippen LogP contribution in [0.2, 0.25) is 0 Å². The van der Waals surface area contributed by atoms with E-state index in [2.05, 4.69) is 11.8 Å². The predicted octanol–water partition coefficient (Wildman–Crippen LogP) is 2.37. The van der Waals surface area contributed by atoms with Gasteiger partial charge in [0.15, 0.2) is 0 Å². The molecule has 118 valence electrons. The lowest BCUT2D eigenvalue weighted by molar-refractivity contribution is 0.196. The van der Waals surface area contributed by atoms with Gasteiger partial charge in [0.2, 0.25) is 10.0 Å². The topological polar surface area (TPSA) is 40.6 Å². The quantitative estimate of drug-likeness (QED) is 0.796. The van der Waals surface area contributed by atoms with Crippen molar-refractivity contribution in [2.45, 2.75) is 31.5 Å². The van der Waals surface area contributed by atoms with E-state index in [0.29, 0.717) is 23.9 Å². The smallest absolute Gasteiger partial charge is 0.243 e. The van der Waals surface area contributed by atoms with Crippen molar-refractivity contribution < 1.29 is 8.42 Å². The highest BCUT2D eigenvalue weighted by Crippen LogP contribution is 2.25. The second-order valence-corrected chi connectivity index (χ2v) is 7.69. The van der Waals surface area contributed by atoms with Crippen LogP contribution in [0.1, 0.15) is 23.6 Å². The van der Waals surface area contributed by atoms with Crippen LogP contribution >= 0.6 is 11.6 Å². The van der Waals surface area contributed by atoms with Crippen LogP contribution in [0.4, 0.5) is 0 Å². The molecule has 0 radical (unpaired) electrons. The Labute approximate surface area is 132 Å². The van der Waals surface area contributed by atoms with Crippen LogP contribution in [-0.2, 0) is 15.9 Å². The number of aryl methyl sites for hydroxylation is 2. The lowest BCUT2D eigenvalue weighted by Crippen LogP contribution is -2.48. The number of hydrogen-bond acceptors (Lipinski definition) is 3. The minimum absolute atomic E-state index is 0.332. The van der Waals surface area contributed by atoms with Crippen LogP contribution in [0.25, 0.3) is 0 Å². The van der Waals surface area contributed by atoms with Gasteiger partial charge in [-0.1, -0.05) is 13.0 Å². The molecule has 0 aliphatic carbocycles. The number of hydrogen-bond donors (Lipinski definition) is 0. The number of rotatable bonds is 4. The minimum atomic E-state index is -3.43. The molecule has 0 spiro atoms. The first kappa shape index (κ1) is 16.7. The van der Waals surface area contributed by atoms with Crippen molar-refractivity contribution in [3.8, 4) is 0 Å². The molecule has 0 unspecified atom stereocenters. The van der Waals surface area contributed by atoms with Gasteiger partial charge in [-0.25, -0.2) is 8.42 Å². The van der Waals surface area contributed by atoms with Crippen molar-refractivity contribution in [2.75, 3.05) is 32.7 Å². The summed E-state index contributed by atoms with van der Waals surface area (Å²) < 4.78 is 27.3. The molecule has 0 aromatic heterocycles. The molecule has 21 heavy (non-hydrogen) atoms. The van der Waals surface area contributed by atoms with E-state index in [1.807, 2.05) is 19.9 Å². The highest BCUT2D eigenvalue weighted by molar-refractivity contribution is 7.89. The molecule has 1 aliphatic rings. The zero-order chi connectivity index (χ0) is 15.6. The summed E-state index contributed by atoms with van der Waals surface area (Å²) in [5, 5.41) is 0. The number of likely N-dealkylation sites (N-methyl/N-ethyl adjacent to an activating group) is 1. The first-order chi connectivity index (χ1) is 9.90. The maximum atomic E-state index is 12.8. The average molecular weight is 331 g/mol. The molecule has 1 aromatic rings. The molecule has 1 fully saturated rings. The summed E-state index contributed by atoms with van der Waals surface area (Å²) >= 11 is 5.92. The Bertz CT molecular complexity index is 608. The molecular weight excluding hydrogens is 308 g/mol. The highest BCUT2D eigenvalue weighted by Gasteiger charge is 2.29. The van der Waals surface area contributed by atoms with Crippen molar-refractivity contribution in [1.29, 1.82) is 0 Å². The van der Waals surface area contributed by atoms with E-state index in [-0.39, 0.29) is 0 Å². The van der Waals surface area contributed by atoms with E-state index in [0.717, 1.165) is 36.3 Å². The fourth-order valence-corrected chi connectivity index (χ4v) is 4.69. The normalized spacial score (nSPS) is 18.1. The van der Waals surface area contributed by atoms with Crippen LogP contribution in [-0.4, -0.2) is 50.3 Å². The Morgan fingerprint density at radius 2 is 1.71 bits per heavy atom. The third kappa shape index (κ3) is 3.42. The first-order valence-corrected chi connectivity index (χ1v) is 9.26. The third-order valence-electron chi connectivity index (χ3n) is 4.17. The summed E-state index contributed by atoms with van der Waals surface area (Å²) in [4.78, 5) is 2.66. The summed E-state index contributed by atoms with van der Waals surface area (Å²) in [5.74, 6) is 0.332. The van der Waals surface area contributed by atoms with Gasteiger partial charge < -0.3 is 4.90 Å². The van der Waals surface area contributed by atoms with Crippen LogP contribution in [0.15, 0.2) is 17.0 Å². The van der Waals surface area contributed by atoms with Crippen molar-refractivity contribution in [3.63, 3.8) is 0 Å². The lowest BCUT2D eigenvalue weighted by Gasteiger charge is -2.33. The molecule has 0 bridgehead atoms. The van der Waals surface area contributed by atoms with Crippen LogP contribution < -0.4 is 0 Å². The molecule has 1 aromatic carbocycles. The summed E-state index contributed by atoms with van der Waals surface area (Å²) in [6.45, 7) is 9.57. The van der Waals surface area contributed by atoms with Gasteiger partial charge in [-0.3, -0.25) is 0 Å². The lowest BCUT2D eigenvalue weighted by atomic mass is 10.1. The van der Waals surface area contributed by atoms with Gasteiger partial charge in [0.1, 0.15) is 0 Å². The second-order valence-electron chi connectivity index (χ2n) is 5.52. The summed E-state index contributed by atoms with van der Waals surface area (Å²) in [6, 6.07) is 3.64. The van der Waals surface area contributed by atoms with Gasteiger partial charge in [-0.05, 0) is 43.1 Å². The van der Waals surface area contributed by atoms with Crippen molar-refractivity contribution in [2.24, 2.45) is 0 Å². The number of piperazine rings is 1. The summed E-state index contributed by atoms with van der Waals surface area (Å²) in [5.41, 5.74) is 2.71. The van der Waals surface area contributed by atoms with Gasteiger partial charge in [0, 0.05) is 32.1 Å². The molecule has 0 atom stereocenters. The van der Waals surface area contributed by atoms with Crippen molar-refractivity contribution in [1.82, 2.24) is 9.21 Å². The number of benzene rings is 1. The summed E-state index contributed by atoms with van der Waals surface area (Å²) in [6.07, 6.45) is 0. The van der Waals surface area contributed by atoms with E-state index < -0.39 is 10.0 Å². The minimum Gasteiger partial charge on any atom is -0.301 e. The van der Waals surface area contributed by atoms with E-state index in [4.69, 9.17) is 11.6 Å². The van der Waals surface area contributed by atoms with Gasteiger partial charge in [0.05, 0.1) is 4.90 Å².